The molecule has 20 heavy (non-hydrogen) atoms. The van der Waals surface area contributed by atoms with Crippen molar-refractivity contribution in [3.05, 3.63) is 44.9 Å². The minimum atomic E-state index is -0.462. The van der Waals surface area contributed by atoms with Gasteiger partial charge in [0, 0.05) is 30.6 Å². The summed E-state index contributed by atoms with van der Waals surface area (Å²) in [7, 11) is 2.11. The molecule has 106 valence electrons. The molecular weight excluding hydrogens is 268 g/mol. The fraction of sp³-hybridized carbons (Fsp3) is 0.438. The zero-order valence-electron chi connectivity index (χ0n) is 12.2. The first-order chi connectivity index (χ1) is 9.54. The van der Waals surface area contributed by atoms with Crippen LogP contribution in [0.3, 0.4) is 0 Å². The Morgan fingerprint density at radius 3 is 2.90 bits per heavy atom. The molecule has 0 bridgehead atoms. The number of likely N-dealkylation sites (N-methyl/N-ethyl adjacent to an activating group) is 1. The van der Waals surface area contributed by atoms with Crippen LogP contribution in [0.1, 0.15) is 32.8 Å². The molecule has 1 aliphatic heterocycles. The standard InChI is InChI=1S/C16H20N2OS/c1-10-11(2)20-16(17-10)9-15(19)13-4-5-14-12(8-13)6-7-18(14)3/h4-5,8,15,19H,6-7,9H2,1-3H3. The third-order valence-electron chi connectivity index (χ3n) is 4.06. The lowest BCUT2D eigenvalue weighted by molar-refractivity contribution is 0.178. The quantitative estimate of drug-likeness (QED) is 0.943. The third kappa shape index (κ3) is 2.45. The summed E-state index contributed by atoms with van der Waals surface area (Å²) in [4.78, 5) is 8.01. The second kappa shape index (κ2) is 5.19. The van der Waals surface area contributed by atoms with Gasteiger partial charge in [-0.3, -0.25) is 0 Å². The third-order valence-corrected chi connectivity index (χ3v) is 5.15. The highest BCUT2D eigenvalue weighted by atomic mass is 32.1. The smallest absolute Gasteiger partial charge is 0.0960 e. The number of aryl methyl sites for hydroxylation is 2. The Balaban J connectivity index is 1.79. The molecule has 0 fully saturated rings. The molecule has 0 saturated heterocycles. The van der Waals surface area contributed by atoms with Crippen LogP contribution in [0.15, 0.2) is 18.2 Å². The Morgan fingerprint density at radius 1 is 1.40 bits per heavy atom. The summed E-state index contributed by atoms with van der Waals surface area (Å²) in [5.74, 6) is 0. The number of hydrogen-bond donors (Lipinski definition) is 1. The zero-order chi connectivity index (χ0) is 14.3. The van der Waals surface area contributed by atoms with Crippen LogP contribution < -0.4 is 4.90 Å². The Morgan fingerprint density at radius 2 is 2.20 bits per heavy atom. The van der Waals surface area contributed by atoms with Gasteiger partial charge in [0.25, 0.3) is 0 Å². The number of fused-ring (bicyclic) bond motifs is 1. The molecule has 1 aromatic heterocycles. The fourth-order valence-corrected chi connectivity index (χ4v) is 3.67. The van der Waals surface area contributed by atoms with Crippen LogP contribution in [-0.4, -0.2) is 23.7 Å². The molecule has 0 amide bonds. The predicted octanol–water partition coefficient (Wildman–Crippen LogP) is 3.03. The van der Waals surface area contributed by atoms with E-state index in [1.165, 1.54) is 16.1 Å². The van der Waals surface area contributed by atoms with E-state index in [1.54, 1.807) is 11.3 Å². The number of benzene rings is 1. The molecular formula is C16H20N2OS. The molecule has 1 N–H and O–H groups in total. The number of aromatic nitrogens is 1. The topological polar surface area (TPSA) is 36.4 Å². The second-order valence-electron chi connectivity index (χ2n) is 5.53. The highest BCUT2D eigenvalue weighted by molar-refractivity contribution is 7.11. The Labute approximate surface area is 123 Å². The normalized spacial score (nSPS) is 15.5. The average Bonchev–Trinajstić information content (AvgIpc) is 2.93. The van der Waals surface area contributed by atoms with Crippen molar-refractivity contribution in [1.29, 1.82) is 0 Å². The van der Waals surface area contributed by atoms with E-state index in [9.17, 15) is 5.11 Å². The molecule has 1 atom stereocenters. The zero-order valence-corrected chi connectivity index (χ0v) is 13.0. The number of rotatable bonds is 3. The molecule has 3 rings (SSSR count). The van der Waals surface area contributed by atoms with Crippen LogP contribution in [0.25, 0.3) is 0 Å². The van der Waals surface area contributed by atoms with Gasteiger partial charge in [-0.25, -0.2) is 4.98 Å². The van der Waals surface area contributed by atoms with Crippen LogP contribution in [-0.2, 0) is 12.8 Å². The van der Waals surface area contributed by atoms with E-state index in [4.69, 9.17) is 0 Å². The van der Waals surface area contributed by atoms with E-state index in [0.29, 0.717) is 6.42 Å². The summed E-state index contributed by atoms with van der Waals surface area (Å²) in [5, 5.41) is 11.4. The van der Waals surface area contributed by atoms with Crippen LogP contribution in [0.4, 0.5) is 5.69 Å². The van der Waals surface area contributed by atoms with Crippen molar-refractivity contribution in [3.8, 4) is 0 Å². The Hall–Kier alpha value is -1.39. The van der Waals surface area contributed by atoms with E-state index in [-0.39, 0.29) is 0 Å². The van der Waals surface area contributed by atoms with E-state index in [0.717, 1.165) is 29.2 Å². The van der Waals surface area contributed by atoms with E-state index in [1.807, 2.05) is 13.0 Å². The lowest BCUT2D eigenvalue weighted by Crippen LogP contribution is -2.12. The molecule has 0 aliphatic carbocycles. The van der Waals surface area contributed by atoms with Gasteiger partial charge in [-0.2, -0.15) is 0 Å². The minimum absolute atomic E-state index is 0.462. The van der Waals surface area contributed by atoms with Crippen molar-refractivity contribution in [2.45, 2.75) is 32.8 Å². The van der Waals surface area contributed by atoms with Crippen molar-refractivity contribution in [1.82, 2.24) is 4.98 Å². The van der Waals surface area contributed by atoms with Gasteiger partial charge in [0.15, 0.2) is 0 Å². The summed E-state index contributed by atoms with van der Waals surface area (Å²) in [6.07, 6.45) is 1.21. The fourth-order valence-electron chi connectivity index (χ4n) is 2.70. The van der Waals surface area contributed by atoms with Gasteiger partial charge in [-0.05, 0) is 37.5 Å². The lowest BCUT2D eigenvalue weighted by Gasteiger charge is -2.14. The number of nitrogens with zero attached hydrogens (tertiary/aromatic N) is 2. The largest absolute Gasteiger partial charge is 0.388 e. The lowest BCUT2D eigenvalue weighted by atomic mass is 10.0. The Kier molecular flexibility index (Phi) is 3.52. The first-order valence-electron chi connectivity index (χ1n) is 6.99. The van der Waals surface area contributed by atoms with Crippen LogP contribution in [0.5, 0.6) is 0 Å². The first kappa shape index (κ1) is 13.6. The molecule has 1 unspecified atom stereocenters. The van der Waals surface area contributed by atoms with Crippen molar-refractivity contribution < 1.29 is 5.11 Å². The number of aliphatic hydroxyl groups is 1. The molecule has 2 aromatic rings. The highest BCUT2D eigenvalue weighted by Gasteiger charge is 2.18. The summed E-state index contributed by atoms with van der Waals surface area (Å²) < 4.78 is 0. The summed E-state index contributed by atoms with van der Waals surface area (Å²) in [6, 6.07) is 6.31. The summed E-state index contributed by atoms with van der Waals surface area (Å²) in [6.45, 7) is 5.17. The van der Waals surface area contributed by atoms with Gasteiger partial charge in [0.05, 0.1) is 16.8 Å². The second-order valence-corrected chi connectivity index (χ2v) is 6.82. The van der Waals surface area contributed by atoms with Crippen LogP contribution in [0, 0.1) is 13.8 Å². The summed E-state index contributed by atoms with van der Waals surface area (Å²) >= 11 is 1.68. The predicted molar refractivity (Wildman–Crippen MR) is 83.7 cm³/mol. The first-order valence-corrected chi connectivity index (χ1v) is 7.81. The number of aliphatic hydroxyl groups excluding tert-OH is 1. The van der Waals surface area contributed by atoms with E-state index < -0.39 is 6.10 Å². The van der Waals surface area contributed by atoms with Crippen molar-refractivity contribution >= 4 is 17.0 Å². The SMILES string of the molecule is Cc1nc(CC(O)c2ccc3c(c2)CCN3C)sc1C. The monoisotopic (exact) mass is 288 g/mol. The minimum Gasteiger partial charge on any atom is -0.388 e. The maximum absolute atomic E-state index is 10.4. The molecule has 0 spiro atoms. The molecule has 2 heterocycles. The van der Waals surface area contributed by atoms with Crippen LogP contribution in [0.2, 0.25) is 0 Å². The van der Waals surface area contributed by atoms with Gasteiger partial charge in [-0.15, -0.1) is 11.3 Å². The summed E-state index contributed by atoms with van der Waals surface area (Å²) in [5.41, 5.74) is 4.72. The van der Waals surface area contributed by atoms with Crippen molar-refractivity contribution in [2.75, 3.05) is 18.5 Å². The maximum Gasteiger partial charge on any atom is 0.0960 e. The molecule has 0 saturated carbocycles. The number of thiazole rings is 1. The molecule has 3 nitrogen and oxygen atoms in total. The molecule has 0 radical (unpaired) electrons. The van der Waals surface area contributed by atoms with E-state index >= 15 is 0 Å². The number of hydrogen-bond acceptors (Lipinski definition) is 4. The molecule has 1 aliphatic rings. The van der Waals surface area contributed by atoms with E-state index in [2.05, 4.69) is 36.0 Å². The maximum atomic E-state index is 10.4. The van der Waals surface area contributed by atoms with Crippen molar-refractivity contribution in [2.24, 2.45) is 0 Å². The van der Waals surface area contributed by atoms with Crippen molar-refractivity contribution in [3.63, 3.8) is 0 Å². The van der Waals surface area contributed by atoms with Gasteiger partial charge in [0.2, 0.25) is 0 Å². The van der Waals surface area contributed by atoms with Gasteiger partial charge >= 0.3 is 0 Å². The van der Waals surface area contributed by atoms with Gasteiger partial charge < -0.3 is 10.0 Å². The average molecular weight is 288 g/mol. The number of anilines is 1. The van der Waals surface area contributed by atoms with Crippen LogP contribution >= 0.6 is 11.3 Å². The molecule has 1 aromatic carbocycles. The van der Waals surface area contributed by atoms with Gasteiger partial charge in [0.1, 0.15) is 0 Å². The Bertz CT molecular complexity index is 616. The van der Waals surface area contributed by atoms with Gasteiger partial charge in [-0.1, -0.05) is 12.1 Å². The molecule has 4 heteroatoms. The highest BCUT2D eigenvalue weighted by Crippen LogP contribution is 2.31.